The van der Waals surface area contributed by atoms with E-state index in [1.54, 1.807) is 0 Å². The summed E-state index contributed by atoms with van der Waals surface area (Å²) >= 11 is 11.2. The van der Waals surface area contributed by atoms with E-state index in [4.69, 9.17) is 23.8 Å². The zero-order valence-electron chi connectivity index (χ0n) is 12.9. The van der Waals surface area contributed by atoms with Crippen LogP contribution in [-0.2, 0) is 13.1 Å². The number of hydrogen-bond donors (Lipinski definition) is 2. The van der Waals surface area contributed by atoms with Crippen LogP contribution in [0.2, 0.25) is 5.02 Å². The molecule has 0 fully saturated rings. The first-order valence-electron chi connectivity index (χ1n) is 7.31. The van der Waals surface area contributed by atoms with Crippen molar-refractivity contribution in [3.63, 3.8) is 0 Å². The molecule has 0 aliphatic carbocycles. The fourth-order valence-corrected chi connectivity index (χ4v) is 2.33. The highest BCUT2D eigenvalue weighted by molar-refractivity contribution is 7.80. The zero-order valence-corrected chi connectivity index (χ0v) is 14.5. The molecule has 2 aromatic rings. The van der Waals surface area contributed by atoms with Crippen LogP contribution in [0.3, 0.4) is 0 Å². The van der Waals surface area contributed by atoms with Crippen molar-refractivity contribution in [2.45, 2.75) is 33.4 Å². The molecule has 0 amide bonds. The molecule has 0 atom stereocenters. The average molecular weight is 337 g/mol. The molecule has 0 unspecified atom stereocenters. The lowest BCUT2D eigenvalue weighted by Gasteiger charge is -2.10. The summed E-state index contributed by atoms with van der Waals surface area (Å²) in [5.74, 6) is 0. The molecule has 0 saturated heterocycles. The number of thiocarbonyl (C=S) groups is 1. The van der Waals surface area contributed by atoms with Gasteiger partial charge in [-0.05, 0) is 38.0 Å². The third-order valence-corrected chi connectivity index (χ3v) is 3.97. The first-order chi connectivity index (χ1) is 10.5. The van der Waals surface area contributed by atoms with E-state index >= 15 is 0 Å². The molecule has 118 valence electrons. The summed E-state index contributed by atoms with van der Waals surface area (Å²) in [7, 11) is 0. The van der Waals surface area contributed by atoms with Crippen molar-refractivity contribution in [3.05, 3.63) is 52.3 Å². The third-order valence-electron chi connectivity index (χ3n) is 3.31. The van der Waals surface area contributed by atoms with E-state index in [-0.39, 0.29) is 0 Å². The average Bonchev–Trinajstić information content (AvgIpc) is 2.82. The van der Waals surface area contributed by atoms with Crippen molar-refractivity contribution in [1.82, 2.24) is 20.4 Å². The fraction of sp³-hybridized carbons (Fsp3) is 0.375. The van der Waals surface area contributed by atoms with Gasteiger partial charge in [0.2, 0.25) is 0 Å². The van der Waals surface area contributed by atoms with Crippen LogP contribution in [0, 0.1) is 13.8 Å². The van der Waals surface area contributed by atoms with E-state index in [0.29, 0.717) is 10.1 Å². The molecule has 22 heavy (non-hydrogen) atoms. The number of aryl methyl sites for hydroxylation is 3. The minimum atomic E-state index is 0.676. The van der Waals surface area contributed by atoms with Crippen LogP contribution in [0.1, 0.15) is 23.2 Å². The molecule has 0 spiro atoms. The Morgan fingerprint density at radius 1 is 1.23 bits per heavy atom. The topological polar surface area (TPSA) is 41.9 Å². The smallest absolute Gasteiger partial charge is 0.166 e. The molecule has 0 bridgehead atoms. The fourth-order valence-electron chi connectivity index (χ4n) is 2.00. The van der Waals surface area contributed by atoms with Crippen LogP contribution in [-0.4, -0.2) is 21.4 Å². The molecule has 0 aliphatic heterocycles. The summed E-state index contributed by atoms with van der Waals surface area (Å²) in [6.07, 6.45) is 2.79. The van der Waals surface area contributed by atoms with Crippen molar-refractivity contribution in [2.75, 3.05) is 6.54 Å². The summed E-state index contributed by atoms with van der Waals surface area (Å²) in [4.78, 5) is 0. The number of nitrogens with zero attached hydrogens (tertiary/aromatic N) is 2. The molecule has 1 aromatic heterocycles. The Morgan fingerprint density at radius 2 is 1.95 bits per heavy atom. The highest BCUT2D eigenvalue weighted by Gasteiger charge is 2.01. The van der Waals surface area contributed by atoms with Gasteiger partial charge in [-0.15, -0.1) is 0 Å². The molecule has 4 nitrogen and oxygen atoms in total. The van der Waals surface area contributed by atoms with Crippen LogP contribution in [0.4, 0.5) is 0 Å². The molecular weight excluding hydrogens is 316 g/mol. The predicted molar refractivity (Wildman–Crippen MR) is 95.2 cm³/mol. The van der Waals surface area contributed by atoms with Crippen molar-refractivity contribution in [3.8, 4) is 0 Å². The number of rotatable bonds is 6. The van der Waals surface area contributed by atoms with Crippen molar-refractivity contribution < 1.29 is 0 Å². The minimum absolute atomic E-state index is 0.676. The van der Waals surface area contributed by atoms with E-state index in [1.165, 1.54) is 11.1 Å². The summed E-state index contributed by atoms with van der Waals surface area (Å²) in [5, 5.41) is 12.1. The van der Waals surface area contributed by atoms with Crippen LogP contribution in [0.25, 0.3) is 0 Å². The quantitative estimate of drug-likeness (QED) is 0.628. The molecule has 6 heteroatoms. The van der Waals surface area contributed by atoms with Gasteiger partial charge in [-0.3, -0.25) is 4.68 Å². The Balaban J connectivity index is 1.62. The molecule has 2 rings (SSSR count). The second kappa shape index (κ2) is 8.15. The Labute approximate surface area is 141 Å². The highest BCUT2D eigenvalue weighted by atomic mass is 35.5. The Morgan fingerprint density at radius 3 is 2.59 bits per heavy atom. The van der Waals surface area contributed by atoms with Gasteiger partial charge in [-0.25, -0.2) is 0 Å². The van der Waals surface area contributed by atoms with Crippen molar-refractivity contribution >= 4 is 28.9 Å². The van der Waals surface area contributed by atoms with Gasteiger partial charge < -0.3 is 10.6 Å². The van der Waals surface area contributed by atoms with E-state index < -0.39 is 0 Å². The lowest BCUT2D eigenvalue weighted by molar-refractivity contribution is 0.568. The second-order valence-electron chi connectivity index (χ2n) is 5.27. The van der Waals surface area contributed by atoms with Gasteiger partial charge in [0.15, 0.2) is 5.11 Å². The van der Waals surface area contributed by atoms with Gasteiger partial charge in [0.05, 0.1) is 10.7 Å². The lowest BCUT2D eigenvalue weighted by Crippen LogP contribution is -2.35. The summed E-state index contributed by atoms with van der Waals surface area (Å²) in [6.45, 7) is 6.34. The Hall–Kier alpha value is -1.59. The standard InChI is InChI=1S/C16H21ClN4S/c1-12-4-6-14(7-5-12)10-19-16(22)18-8-3-9-21-11-15(17)13(2)20-21/h4-7,11H,3,8-10H2,1-2H3,(H2,18,19,22). The normalized spacial score (nSPS) is 10.5. The number of benzene rings is 1. The molecule has 0 radical (unpaired) electrons. The van der Waals surface area contributed by atoms with Crippen LogP contribution in [0.15, 0.2) is 30.5 Å². The SMILES string of the molecule is Cc1ccc(CNC(=S)NCCCn2cc(Cl)c(C)n2)cc1. The van der Waals surface area contributed by atoms with Crippen molar-refractivity contribution in [2.24, 2.45) is 0 Å². The number of hydrogen-bond acceptors (Lipinski definition) is 2. The van der Waals surface area contributed by atoms with Gasteiger partial charge in [-0.1, -0.05) is 41.4 Å². The summed E-state index contributed by atoms with van der Waals surface area (Å²) < 4.78 is 1.86. The van der Waals surface area contributed by atoms with Gasteiger partial charge in [0.25, 0.3) is 0 Å². The maximum Gasteiger partial charge on any atom is 0.166 e. The van der Waals surface area contributed by atoms with Gasteiger partial charge in [-0.2, -0.15) is 5.10 Å². The van der Waals surface area contributed by atoms with Gasteiger partial charge in [0, 0.05) is 25.8 Å². The summed E-state index contributed by atoms with van der Waals surface area (Å²) in [5.41, 5.74) is 3.35. The van der Waals surface area contributed by atoms with E-state index in [1.807, 2.05) is 17.8 Å². The van der Waals surface area contributed by atoms with E-state index in [2.05, 4.69) is 46.9 Å². The molecule has 1 heterocycles. The van der Waals surface area contributed by atoms with E-state index in [0.717, 1.165) is 31.7 Å². The van der Waals surface area contributed by atoms with Crippen LogP contribution in [0.5, 0.6) is 0 Å². The lowest BCUT2D eigenvalue weighted by atomic mass is 10.1. The third kappa shape index (κ3) is 5.31. The predicted octanol–water partition coefficient (Wildman–Crippen LogP) is 3.21. The Kier molecular flexibility index (Phi) is 6.21. The maximum absolute atomic E-state index is 5.97. The molecule has 1 aromatic carbocycles. The number of halogens is 1. The van der Waals surface area contributed by atoms with Crippen LogP contribution < -0.4 is 10.6 Å². The maximum atomic E-state index is 5.97. The minimum Gasteiger partial charge on any atom is -0.363 e. The monoisotopic (exact) mass is 336 g/mol. The first-order valence-corrected chi connectivity index (χ1v) is 8.10. The molecular formula is C16H21ClN4S. The second-order valence-corrected chi connectivity index (χ2v) is 6.09. The molecule has 0 aliphatic rings. The first kappa shape index (κ1) is 16.8. The number of nitrogens with one attached hydrogen (secondary N) is 2. The van der Waals surface area contributed by atoms with E-state index in [9.17, 15) is 0 Å². The molecule has 0 saturated carbocycles. The molecule has 2 N–H and O–H groups in total. The van der Waals surface area contributed by atoms with Crippen LogP contribution >= 0.6 is 23.8 Å². The highest BCUT2D eigenvalue weighted by Crippen LogP contribution is 2.11. The largest absolute Gasteiger partial charge is 0.363 e. The van der Waals surface area contributed by atoms with Crippen molar-refractivity contribution in [1.29, 1.82) is 0 Å². The Bertz CT molecular complexity index is 602. The summed E-state index contributed by atoms with van der Waals surface area (Å²) in [6, 6.07) is 8.42. The van der Waals surface area contributed by atoms with Gasteiger partial charge in [0.1, 0.15) is 0 Å². The van der Waals surface area contributed by atoms with Gasteiger partial charge >= 0.3 is 0 Å². The number of aromatic nitrogens is 2. The zero-order chi connectivity index (χ0) is 15.9.